The second-order valence-electron chi connectivity index (χ2n) is 2.86. The minimum absolute atomic E-state index is 0.0243. The second-order valence-corrected chi connectivity index (χ2v) is 2.86. The fourth-order valence-electron chi connectivity index (χ4n) is 0.998. The van der Waals surface area contributed by atoms with E-state index in [1.807, 2.05) is 25.1 Å². The molecule has 0 aliphatic carbocycles. The van der Waals surface area contributed by atoms with Gasteiger partial charge in [0.15, 0.2) is 5.90 Å². The molecule has 1 aromatic carbocycles. The molecule has 0 aliphatic heterocycles. The maximum atomic E-state index is 7.49. The molecule has 1 aromatic rings. The van der Waals surface area contributed by atoms with Crippen LogP contribution in [0.1, 0.15) is 18.1 Å². The second kappa shape index (κ2) is 3.85. The van der Waals surface area contributed by atoms with Gasteiger partial charge in [0.05, 0.1) is 0 Å². The van der Waals surface area contributed by atoms with E-state index in [1.165, 1.54) is 6.92 Å². The highest BCUT2D eigenvalue weighted by molar-refractivity contribution is 5.98. The van der Waals surface area contributed by atoms with Crippen LogP contribution in [-0.4, -0.2) is 11.8 Å². The van der Waals surface area contributed by atoms with Crippen molar-refractivity contribution in [3.8, 4) is 0 Å². The fourth-order valence-corrected chi connectivity index (χ4v) is 0.998. The monoisotopic (exact) mass is 176 g/mol. The van der Waals surface area contributed by atoms with Crippen LogP contribution < -0.4 is 0 Å². The summed E-state index contributed by atoms with van der Waals surface area (Å²) in [6, 6.07) is 7.46. The molecular weight excluding hydrogens is 164 g/mol. The first-order chi connectivity index (χ1) is 6.09. The molecule has 0 atom stereocenters. The Kier molecular flexibility index (Phi) is 2.80. The third-order valence-electron chi connectivity index (χ3n) is 1.54. The molecule has 0 spiro atoms. The average molecular weight is 176 g/mol. The van der Waals surface area contributed by atoms with E-state index in [0.717, 1.165) is 5.56 Å². The zero-order valence-electron chi connectivity index (χ0n) is 7.72. The Morgan fingerprint density at radius 1 is 1.31 bits per heavy atom. The molecule has 3 nitrogen and oxygen atoms in total. The van der Waals surface area contributed by atoms with Gasteiger partial charge in [-0.1, -0.05) is 17.7 Å². The number of hydrogen-bond donors (Lipinski definition) is 2. The lowest BCUT2D eigenvalue weighted by Crippen LogP contribution is -2.08. The maximum absolute atomic E-state index is 7.49. The molecule has 2 N–H and O–H groups in total. The summed E-state index contributed by atoms with van der Waals surface area (Å²) in [5.41, 5.74) is 1.78. The number of nitrogens with one attached hydrogen (secondary N) is 2. The predicted molar refractivity (Wildman–Crippen MR) is 52.5 cm³/mol. The average Bonchev–Trinajstić information content (AvgIpc) is 2.03. The number of rotatable bonds is 1. The summed E-state index contributed by atoms with van der Waals surface area (Å²) >= 11 is 0. The Morgan fingerprint density at radius 3 is 2.54 bits per heavy atom. The van der Waals surface area contributed by atoms with Crippen LogP contribution >= 0.6 is 0 Å². The zero-order chi connectivity index (χ0) is 9.84. The van der Waals surface area contributed by atoms with Crippen molar-refractivity contribution in [2.45, 2.75) is 13.8 Å². The van der Waals surface area contributed by atoms with Crippen molar-refractivity contribution in [3.63, 3.8) is 0 Å². The number of aryl methyl sites for hydroxylation is 1. The normalized spacial score (nSPS) is 9.38. The molecule has 0 aliphatic rings. The Morgan fingerprint density at radius 2 is 2.00 bits per heavy atom. The van der Waals surface area contributed by atoms with Crippen molar-refractivity contribution in [3.05, 3.63) is 35.4 Å². The van der Waals surface area contributed by atoms with Gasteiger partial charge in [0, 0.05) is 12.5 Å². The molecule has 3 heteroatoms. The standard InChI is InChI=1S/C10H12N2O/c1-7-4-3-5-9(6-7)10(12)13-8(2)11/h3-6,11-12H,1-2H3. The largest absolute Gasteiger partial charge is 0.426 e. The number of hydrogen-bond acceptors (Lipinski definition) is 3. The molecule has 1 rings (SSSR count). The van der Waals surface area contributed by atoms with Crippen LogP contribution in [-0.2, 0) is 4.74 Å². The molecule has 0 bridgehead atoms. The van der Waals surface area contributed by atoms with Gasteiger partial charge in [-0.05, 0) is 19.1 Å². The summed E-state index contributed by atoms with van der Waals surface area (Å²) in [6.07, 6.45) is 0. The van der Waals surface area contributed by atoms with E-state index in [0.29, 0.717) is 5.56 Å². The van der Waals surface area contributed by atoms with E-state index in [4.69, 9.17) is 15.6 Å². The molecule has 0 radical (unpaired) electrons. The molecule has 0 saturated carbocycles. The van der Waals surface area contributed by atoms with E-state index in [9.17, 15) is 0 Å². The van der Waals surface area contributed by atoms with Crippen LogP contribution in [0.5, 0.6) is 0 Å². The lowest BCUT2D eigenvalue weighted by atomic mass is 10.1. The van der Waals surface area contributed by atoms with Crippen LogP contribution in [0.2, 0.25) is 0 Å². The van der Waals surface area contributed by atoms with Crippen molar-refractivity contribution < 1.29 is 4.74 Å². The molecule has 0 unspecified atom stereocenters. The van der Waals surface area contributed by atoms with E-state index < -0.39 is 0 Å². The smallest absolute Gasteiger partial charge is 0.220 e. The van der Waals surface area contributed by atoms with Crippen LogP contribution in [0.25, 0.3) is 0 Å². The van der Waals surface area contributed by atoms with Crippen LogP contribution in [0.3, 0.4) is 0 Å². The molecule has 13 heavy (non-hydrogen) atoms. The van der Waals surface area contributed by atoms with Gasteiger partial charge < -0.3 is 4.74 Å². The first kappa shape index (κ1) is 9.45. The van der Waals surface area contributed by atoms with E-state index in [1.54, 1.807) is 6.07 Å². The minimum Gasteiger partial charge on any atom is -0.426 e. The Bertz CT molecular complexity index is 345. The first-order valence-electron chi connectivity index (χ1n) is 3.98. The van der Waals surface area contributed by atoms with Gasteiger partial charge in [-0.25, -0.2) is 0 Å². The van der Waals surface area contributed by atoms with Gasteiger partial charge in [0.25, 0.3) is 0 Å². The van der Waals surface area contributed by atoms with Crippen LogP contribution in [0.15, 0.2) is 24.3 Å². The third kappa shape index (κ3) is 2.71. The summed E-state index contributed by atoms with van der Waals surface area (Å²) < 4.78 is 4.86. The molecule has 0 fully saturated rings. The summed E-state index contributed by atoms with van der Waals surface area (Å²) in [6.45, 7) is 3.46. The van der Waals surface area contributed by atoms with E-state index in [-0.39, 0.29) is 11.8 Å². The SMILES string of the molecule is CC(=N)OC(=N)c1cccc(C)c1. The van der Waals surface area contributed by atoms with Gasteiger partial charge in [-0.2, -0.15) is 0 Å². The van der Waals surface area contributed by atoms with E-state index in [2.05, 4.69) is 0 Å². The van der Waals surface area contributed by atoms with Gasteiger partial charge in [-0.15, -0.1) is 0 Å². The summed E-state index contributed by atoms with van der Waals surface area (Å²) in [4.78, 5) is 0. The summed E-state index contributed by atoms with van der Waals surface area (Å²) in [7, 11) is 0. The van der Waals surface area contributed by atoms with Crippen molar-refractivity contribution in [1.29, 1.82) is 10.8 Å². The lowest BCUT2D eigenvalue weighted by Gasteiger charge is -2.04. The highest BCUT2D eigenvalue weighted by atomic mass is 16.5. The van der Waals surface area contributed by atoms with Crippen LogP contribution in [0, 0.1) is 17.7 Å². The highest BCUT2D eigenvalue weighted by Crippen LogP contribution is 2.05. The number of benzene rings is 1. The Balaban J connectivity index is 2.83. The van der Waals surface area contributed by atoms with Crippen molar-refractivity contribution in [2.24, 2.45) is 0 Å². The van der Waals surface area contributed by atoms with E-state index >= 15 is 0 Å². The highest BCUT2D eigenvalue weighted by Gasteiger charge is 2.02. The van der Waals surface area contributed by atoms with Gasteiger partial charge in [-0.3, -0.25) is 10.8 Å². The molecule has 0 heterocycles. The topological polar surface area (TPSA) is 56.9 Å². The summed E-state index contributed by atoms with van der Waals surface area (Å²) in [5.74, 6) is 0.0581. The predicted octanol–water partition coefficient (Wildman–Crippen LogP) is 2.33. The lowest BCUT2D eigenvalue weighted by molar-refractivity contribution is 0.532. The number of ether oxygens (including phenoxy) is 1. The minimum atomic E-state index is 0.0243. The third-order valence-corrected chi connectivity index (χ3v) is 1.54. The quantitative estimate of drug-likeness (QED) is 0.500. The summed E-state index contributed by atoms with van der Waals surface area (Å²) in [5, 5.41) is 14.6. The van der Waals surface area contributed by atoms with Crippen molar-refractivity contribution in [2.75, 3.05) is 0 Å². The molecule has 0 aromatic heterocycles. The Hall–Kier alpha value is -1.64. The van der Waals surface area contributed by atoms with Crippen molar-refractivity contribution >= 4 is 11.8 Å². The van der Waals surface area contributed by atoms with Crippen LogP contribution in [0.4, 0.5) is 0 Å². The van der Waals surface area contributed by atoms with Gasteiger partial charge in [0.1, 0.15) is 0 Å². The first-order valence-corrected chi connectivity index (χ1v) is 3.98. The molecular formula is C10H12N2O. The fraction of sp³-hybridized carbons (Fsp3) is 0.200. The van der Waals surface area contributed by atoms with Crippen molar-refractivity contribution in [1.82, 2.24) is 0 Å². The zero-order valence-corrected chi connectivity index (χ0v) is 7.72. The van der Waals surface area contributed by atoms with Gasteiger partial charge >= 0.3 is 0 Å². The maximum Gasteiger partial charge on any atom is 0.220 e. The molecule has 0 amide bonds. The Labute approximate surface area is 77.4 Å². The molecule has 0 saturated heterocycles. The van der Waals surface area contributed by atoms with Gasteiger partial charge in [0.2, 0.25) is 5.90 Å². The molecule has 68 valence electrons.